The third-order valence-electron chi connectivity index (χ3n) is 4.45. The van der Waals surface area contributed by atoms with Gasteiger partial charge >= 0.3 is 11.9 Å². The van der Waals surface area contributed by atoms with Crippen molar-refractivity contribution in [1.29, 1.82) is 0 Å². The van der Waals surface area contributed by atoms with Crippen molar-refractivity contribution in [1.82, 2.24) is 4.90 Å². The molecule has 1 aromatic rings. The summed E-state index contributed by atoms with van der Waals surface area (Å²) < 4.78 is 17.4. The number of piperidine rings is 1. The smallest absolute Gasteiger partial charge is 0.313 e. The van der Waals surface area contributed by atoms with E-state index in [1.165, 1.54) is 19.1 Å². The number of benzene rings is 1. The maximum atomic E-state index is 12.9. The lowest BCUT2D eigenvalue weighted by Crippen LogP contribution is -2.37. The highest BCUT2D eigenvalue weighted by Crippen LogP contribution is 2.22. The van der Waals surface area contributed by atoms with E-state index in [0.29, 0.717) is 12.0 Å². The van der Waals surface area contributed by atoms with Gasteiger partial charge in [0.05, 0.1) is 0 Å². The zero-order valence-electron chi connectivity index (χ0n) is 14.5. The SMILES string of the molecule is CC(=O)OC(=O)CCCCN1CCC(C(=O)c2ccc(F)cc2)CC1. The molecule has 0 atom stereocenters. The van der Waals surface area contributed by atoms with E-state index in [1.807, 2.05) is 0 Å². The molecule has 0 saturated carbocycles. The second-order valence-electron chi connectivity index (χ2n) is 6.41. The van der Waals surface area contributed by atoms with E-state index >= 15 is 0 Å². The van der Waals surface area contributed by atoms with Crippen LogP contribution in [0.15, 0.2) is 24.3 Å². The van der Waals surface area contributed by atoms with Gasteiger partial charge in [0.1, 0.15) is 5.82 Å². The lowest BCUT2D eigenvalue weighted by Gasteiger charge is -2.31. The van der Waals surface area contributed by atoms with Gasteiger partial charge in [-0.2, -0.15) is 0 Å². The molecule has 0 aromatic heterocycles. The molecule has 6 heteroatoms. The van der Waals surface area contributed by atoms with Crippen molar-refractivity contribution in [2.45, 2.75) is 39.0 Å². The summed E-state index contributed by atoms with van der Waals surface area (Å²) in [6.07, 6.45) is 3.37. The van der Waals surface area contributed by atoms with E-state index in [-0.39, 0.29) is 23.9 Å². The van der Waals surface area contributed by atoms with Crippen molar-refractivity contribution in [2.75, 3.05) is 19.6 Å². The number of ether oxygens (including phenoxy) is 1. The molecule has 1 aliphatic heterocycles. The molecule has 5 nitrogen and oxygen atoms in total. The number of hydrogen-bond acceptors (Lipinski definition) is 5. The van der Waals surface area contributed by atoms with Crippen molar-refractivity contribution < 1.29 is 23.5 Å². The largest absolute Gasteiger partial charge is 0.393 e. The zero-order chi connectivity index (χ0) is 18.2. The van der Waals surface area contributed by atoms with Crippen molar-refractivity contribution in [2.24, 2.45) is 5.92 Å². The number of unbranched alkanes of at least 4 members (excludes halogenated alkanes) is 1. The van der Waals surface area contributed by atoms with Crippen LogP contribution in [0, 0.1) is 11.7 Å². The van der Waals surface area contributed by atoms with E-state index in [9.17, 15) is 18.8 Å². The van der Waals surface area contributed by atoms with Gasteiger partial charge in [-0.05, 0) is 69.6 Å². The number of likely N-dealkylation sites (tertiary alicyclic amines) is 1. The third kappa shape index (κ3) is 6.38. The maximum Gasteiger partial charge on any atom is 0.313 e. The lowest BCUT2D eigenvalue weighted by molar-refractivity contribution is -0.158. The average molecular weight is 349 g/mol. The first-order valence-electron chi connectivity index (χ1n) is 8.69. The van der Waals surface area contributed by atoms with Crippen LogP contribution in [-0.4, -0.2) is 42.3 Å². The Labute approximate surface area is 147 Å². The predicted molar refractivity (Wildman–Crippen MR) is 90.5 cm³/mol. The van der Waals surface area contributed by atoms with Crippen molar-refractivity contribution in [3.63, 3.8) is 0 Å². The summed E-state index contributed by atoms with van der Waals surface area (Å²) in [5.74, 6) is -1.30. The Balaban J connectivity index is 1.66. The first kappa shape index (κ1) is 19.2. The Morgan fingerprint density at radius 1 is 1.12 bits per heavy atom. The minimum Gasteiger partial charge on any atom is -0.393 e. The van der Waals surface area contributed by atoms with Gasteiger partial charge in [0, 0.05) is 24.8 Å². The number of hydrogen-bond donors (Lipinski definition) is 0. The molecule has 1 fully saturated rings. The number of halogens is 1. The second-order valence-corrected chi connectivity index (χ2v) is 6.41. The fourth-order valence-electron chi connectivity index (χ4n) is 3.08. The van der Waals surface area contributed by atoms with Crippen LogP contribution in [0.3, 0.4) is 0 Å². The molecule has 2 rings (SSSR count). The Kier molecular flexibility index (Phi) is 7.25. The van der Waals surface area contributed by atoms with Gasteiger partial charge < -0.3 is 9.64 Å². The molecule has 1 aromatic carbocycles. The number of carbonyl (C=O) groups excluding carboxylic acids is 3. The first-order valence-corrected chi connectivity index (χ1v) is 8.69. The Hall–Kier alpha value is -2.08. The summed E-state index contributed by atoms with van der Waals surface area (Å²) in [6, 6.07) is 5.73. The summed E-state index contributed by atoms with van der Waals surface area (Å²) in [4.78, 5) is 36.6. The maximum absolute atomic E-state index is 12.9. The molecular formula is C19H24FNO4. The van der Waals surface area contributed by atoms with Gasteiger partial charge in [0.15, 0.2) is 5.78 Å². The molecule has 25 heavy (non-hydrogen) atoms. The van der Waals surface area contributed by atoms with Crippen LogP contribution in [-0.2, 0) is 14.3 Å². The summed E-state index contributed by atoms with van der Waals surface area (Å²) >= 11 is 0. The van der Waals surface area contributed by atoms with Crippen LogP contribution in [0.5, 0.6) is 0 Å². The van der Waals surface area contributed by atoms with Gasteiger partial charge in [-0.1, -0.05) is 0 Å². The van der Waals surface area contributed by atoms with E-state index < -0.39 is 11.9 Å². The Bertz CT molecular complexity index is 606. The van der Waals surface area contributed by atoms with Crippen LogP contribution in [0.1, 0.15) is 49.4 Å². The van der Waals surface area contributed by atoms with Crippen molar-refractivity contribution in [3.8, 4) is 0 Å². The molecule has 0 bridgehead atoms. The minimum atomic E-state index is -0.571. The molecule has 1 saturated heterocycles. The third-order valence-corrected chi connectivity index (χ3v) is 4.45. The molecule has 0 aliphatic carbocycles. The summed E-state index contributed by atoms with van der Waals surface area (Å²) in [5, 5.41) is 0. The fraction of sp³-hybridized carbons (Fsp3) is 0.526. The molecule has 0 radical (unpaired) electrons. The molecule has 0 amide bonds. The number of rotatable bonds is 7. The molecular weight excluding hydrogens is 325 g/mol. The minimum absolute atomic E-state index is 0.00717. The van der Waals surface area contributed by atoms with Crippen LogP contribution >= 0.6 is 0 Å². The predicted octanol–water partition coefficient (Wildman–Crippen LogP) is 2.98. The highest BCUT2D eigenvalue weighted by Gasteiger charge is 2.25. The monoisotopic (exact) mass is 349 g/mol. The average Bonchev–Trinajstić information content (AvgIpc) is 2.59. The number of ketones is 1. The van der Waals surface area contributed by atoms with E-state index in [2.05, 4.69) is 9.64 Å². The van der Waals surface area contributed by atoms with Gasteiger partial charge in [-0.3, -0.25) is 14.4 Å². The van der Waals surface area contributed by atoms with Gasteiger partial charge in [0.25, 0.3) is 0 Å². The lowest BCUT2D eigenvalue weighted by atomic mass is 9.89. The zero-order valence-corrected chi connectivity index (χ0v) is 14.5. The molecule has 0 unspecified atom stereocenters. The van der Waals surface area contributed by atoms with Crippen LogP contribution < -0.4 is 0 Å². The van der Waals surface area contributed by atoms with Gasteiger partial charge in [-0.15, -0.1) is 0 Å². The molecule has 0 N–H and O–H groups in total. The second kappa shape index (κ2) is 9.42. The highest BCUT2D eigenvalue weighted by molar-refractivity contribution is 5.97. The summed E-state index contributed by atoms with van der Waals surface area (Å²) in [6.45, 7) is 3.77. The van der Waals surface area contributed by atoms with Crippen LogP contribution in [0.2, 0.25) is 0 Å². The summed E-state index contributed by atoms with van der Waals surface area (Å²) in [5.41, 5.74) is 0.573. The number of esters is 2. The number of nitrogens with zero attached hydrogens (tertiary/aromatic N) is 1. The normalized spacial score (nSPS) is 15.8. The topological polar surface area (TPSA) is 63.7 Å². The van der Waals surface area contributed by atoms with Gasteiger partial charge in [0.2, 0.25) is 0 Å². The van der Waals surface area contributed by atoms with E-state index in [1.54, 1.807) is 12.1 Å². The molecule has 0 spiro atoms. The Morgan fingerprint density at radius 3 is 2.36 bits per heavy atom. The van der Waals surface area contributed by atoms with Crippen molar-refractivity contribution in [3.05, 3.63) is 35.6 Å². The highest BCUT2D eigenvalue weighted by atomic mass is 19.1. The van der Waals surface area contributed by atoms with E-state index in [4.69, 9.17) is 0 Å². The number of carbonyl (C=O) groups is 3. The summed E-state index contributed by atoms with van der Waals surface area (Å²) in [7, 11) is 0. The van der Waals surface area contributed by atoms with Crippen LogP contribution in [0.4, 0.5) is 4.39 Å². The van der Waals surface area contributed by atoms with Crippen LogP contribution in [0.25, 0.3) is 0 Å². The van der Waals surface area contributed by atoms with E-state index in [0.717, 1.165) is 38.9 Å². The molecule has 1 heterocycles. The molecule has 1 aliphatic rings. The first-order chi connectivity index (χ1) is 12.0. The van der Waals surface area contributed by atoms with Crippen molar-refractivity contribution >= 4 is 17.7 Å². The molecule has 136 valence electrons. The number of Topliss-reactive ketones (excluding diaryl/α,β-unsaturated/α-hetero) is 1. The van der Waals surface area contributed by atoms with Gasteiger partial charge in [-0.25, -0.2) is 4.39 Å². The fourth-order valence-corrected chi connectivity index (χ4v) is 3.08. The Morgan fingerprint density at radius 2 is 1.76 bits per heavy atom. The quantitative estimate of drug-likeness (QED) is 0.328. The standard InChI is InChI=1S/C19H24FNO4/c1-14(22)25-18(23)4-2-3-11-21-12-9-16(10-13-21)19(24)15-5-7-17(20)8-6-15/h5-8,16H,2-4,9-13H2,1H3.